The highest BCUT2D eigenvalue weighted by Gasteiger charge is 2.35. The van der Waals surface area contributed by atoms with Gasteiger partial charge < -0.3 is 15.3 Å². The zero-order valence-electron chi connectivity index (χ0n) is 10.5. The minimum absolute atomic E-state index is 0.00334. The van der Waals surface area contributed by atoms with Crippen LogP contribution in [0, 0.1) is 0 Å². The van der Waals surface area contributed by atoms with E-state index in [4.69, 9.17) is 5.11 Å². The zero-order valence-corrected chi connectivity index (χ0v) is 11.4. The summed E-state index contributed by atoms with van der Waals surface area (Å²) in [5.41, 5.74) is 0.700. The number of aromatic nitrogens is 1. The molecule has 0 radical (unpaired) electrons. The Balaban J connectivity index is 1.89. The first kappa shape index (κ1) is 12.4. The van der Waals surface area contributed by atoms with Gasteiger partial charge in [-0.3, -0.25) is 9.59 Å². The van der Waals surface area contributed by atoms with Crippen molar-refractivity contribution in [3.05, 3.63) is 10.6 Å². The second-order valence-corrected chi connectivity index (χ2v) is 5.96. The van der Waals surface area contributed by atoms with Crippen LogP contribution in [0.1, 0.15) is 29.8 Å². The van der Waals surface area contributed by atoms with Crippen molar-refractivity contribution >= 4 is 28.3 Å². The molecule has 1 saturated heterocycles. The third kappa shape index (κ3) is 1.98. The predicted octanol–water partition coefficient (Wildman–Crippen LogP) is 0.582. The first-order chi connectivity index (χ1) is 9.08. The van der Waals surface area contributed by atoms with Gasteiger partial charge in [0, 0.05) is 18.0 Å². The predicted molar refractivity (Wildman–Crippen MR) is 70.6 cm³/mol. The largest absolute Gasteiger partial charge is 0.481 e. The Hall–Kier alpha value is -1.63. The number of hydrogen-bond acceptors (Lipinski definition) is 5. The molecule has 3 rings (SSSR count). The molecule has 102 valence electrons. The van der Waals surface area contributed by atoms with Crippen LogP contribution in [0.15, 0.2) is 0 Å². The fourth-order valence-electron chi connectivity index (χ4n) is 2.62. The molecule has 1 aromatic heterocycles. The number of anilines is 1. The van der Waals surface area contributed by atoms with Gasteiger partial charge in [-0.05, 0) is 19.8 Å². The summed E-state index contributed by atoms with van der Waals surface area (Å²) in [6, 6.07) is -0.247. The van der Waals surface area contributed by atoms with Crippen LogP contribution in [0.4, 0.5) is 5.13 Å². The first-order valence-electron chi connectivity index (χ1n) is 6.34. The van der Waals surface area contributed by atoms with E-state index in [0.717, 1.165) is 23.0 Å². The summed E-state index contributed by atoms with van der Waals surface area (Å²) in [6.45, 7) is 3.17. The van der Waals surface area contributed by atoms with Gasteiger partial charge in [0.2, 0.25) is 5.91 Å². The Morgan fingerprint density at radius 1 is 1.58 bits per heavy atom. The molecule has 1 fully saturated rings. The standard InChI is InChI=1S/C12H15N3O3S/c1-6-10(16)13-4-5-15(6)12-14-9-7(11(17)18)2-3-8(9)19-12/h6-7H,2-5H2,1H3,(H,13,16)(H,17,18). The average Bonchev–Trinajstić information content (AvgIpc) is 2.91. The molecule has 2 aliphatic rings. The van der Waals surface area contributed by atoms with Gasteiger partial charge in [-0.15, -0.1) is 11.3 Å². The van der Waals surface area contributed by atoms with E-state index in [1.807, 2.05) is 11.8 Å². The highest BCUT2D eigenvalue weighted by Crippen LogP contribution is 2.40. The molecule has 1 aromatic rings. The Kier molecular flexibility index (Phi) is 2.93. The maximum atomic E-state index is 11.7. The van der Waals surface area contributed by atoms with E-state index in [1.165, 1.54) is 11.3 Å². The number of rotatable bonds is 2. The molecular formula is C12H15N3O3S. The Labute approximate surface area is 114 Å². The van der Waals surface area contributed by atoms with E-state index < -0.39 is 11.9 Å². The van der Waals surface area contributed by atoms with Gasteiger partial charge >= 0.3 is 5.97 Å². The molecule has 7 heteroatoms. The Morgan fingerprint density at radius 2 is 2.37 bits per heavy atom. The second kappa shape index (κ2) is 4.48. The topological polar surface area (TPSA) is 82.5 Å². The first-order valence-corrected chi connectivity index (χ1v) is 7.16. The number of aliphatic carboxylic acids is 1. The number of fused-ring (bicyclic) bond motifs is 1. The summed E-state index contributed by atoms with van der Waals surface area (Å²) in [6.07, 6.45) is 1.41. The van der Waals surface area contributed by atoms with Gasteiger partial charge in [-0.1, -0.05) is 0 Å². The van der Waals surface area contributed by atoms with Crippen molar-refractivity contribution in [1.29, 1.82) is 0 Å². The average molecular weight is 281 g/mol. The number of thiazole rings is 1. The highest BCUT2D eigenvalue weighted by molar-refractivity contribution is 7.15. The molecule has 0 saturated carbocycles. The van der Waals surface area contributed by atoms with Crippen molar-refractivity contribution in [3.8, 4) is 0 Å². The van der Waals surface area contributed by atoms with Crippen LogP contribution in [0.2, 0.25) is 0 Å². The maximum absolute atomic E-state index is 11.7. The summed E-state index contributed by atoms with van der Waals surface area (Å²) in [4.78, 5) is 30.3. The summed E-state index contributed by atoms with van der Waals surface area (Å²) in [5.74, 6) is -1.29. The van der Waals surface area contributed by atoms with Gasteiger partial charge in [0.05, 0.1) is 5.69 Å². The van der Waals surface area contributed by atoms with E-state index in [-0.39, 0.29) is 11.9 Å². The number of carbonyl (C=O) groups excluding carboxylic acids is 1. The molecule has 2 N–H and O–H groups in total. The molecule has 0 aromatic carbocycles. The number of aryl methyl sites for hydroxylation is 1. The van der Waals surface area contributed by atoms with E-state index >= 15 is 0 Å². The molecule has 0 bridgehead atoms. The van der Waals surface area contributed by atoms with Crippen LogP contribution in [0.25, 0.3) is 0 Å². The highest BCUT2D eigenvalue weighted by atomic mass is 32.1. The lowest BCUT2D eigenvalue weighted by atomic mass is 10.1. The quantitative estimate of drug-likeness (QED) is 0.828. The van der Waals surface area contributed by atoms with Gasteiger partial charge in [0.25, 0.3) is 0 Å². The minimum Gasteiger partial charge on any atom is -0.481 e. The molecule has 2 atom stereocenters. The number of piperazine rings is 1. The summed E-state index contributed by atoms with van der Waals surface area (Å²) in [5, 5.41) is 12.7. The normalized spacial score (nSPS) is 26.2. The third-order valence-electron chi connectivity index (χ3n) is 3.75. The monoisotopic (exact) mass is 281 g/mol. The summed E-state index contributed by atoms with van der Waals surface area (Å²) in [7, 11) is 0. The van der Waals surface area contributed by atoms with E-state index in [1.54, 1.807) is 0 Å². The number of carboxylic acid groups (broad SMARTS) is 1. The number of nitrogens with zero attached hydrogens (tertiary/aromatic N) is 2. The zero-order chi connectivity index (χ0) is 13.6. The second-order valence-electron chi connectivity index (χ2n) is 4.89. The van der Waals surface area contributed by atoms with Crippen molar-refractivity contribution in [2.24, 2.45) is 0 Å². The molecule has 0 spiro atoms. The molecule has 1 aliphatic heterocycles. The number of nitrogens with one attached hydrogen (secondary N) is 1. The third-order valence-corrected chi connectivity index (χ3v) is 4.92. The lowest BCUT2D eigenvalue weighted by molar-refractivity contribution is -0.138. The van der Waals surface area contributed by atoms with Crippen molar-refractivity contribution in [1.82, 2.24) is 10.3 Å². The maximum Gasteiger partial charge on any atom is 0.312 e. The fourth-order valence-corrected chi connectivity index (χ4v) is 3.86. The van der Waals surface area contributed by atoms with Crippen LogP contribution in [-0.2, 0) is 16.0 Å². The smallest absolute Gasteiger partial charge is 0.312 e. The number of amides is 1. The van der Waals surface area contributed by atoms with Gasteiger partial charge in [-0.25, -0.2) is 4.98 Å². The minimum atomic E-state index is -0.806. The summed E-state index contributed by atoms with van der Waals surface area (Å²) >= 11 is 1.53. The number of carboxylic acids is 1. The van der Waals surface area contributed by atoms with Crippen molar-refractivity contribution in [3.63, 3.8) is 0 Å². The lowest BCUT2D eigenvalue weighted by Gasteiger charge is -2.32. The molecular weight excluding hydrogens is 266 g/mol. The molecule has 2 heterocycles. The van der Waals surface area contributed by atoms with Crippen LogP contribution in [-0.4, -0.2) is 41.1 Å². The van der Waals surface area contributed by atoms with Crippen LogP contribution in [0.5, 0.6) is 0 Å². The molecule has 1 aliphatic carbocycles. The SMILES string of the molecule is CC1C(=O)NCCN1c1nc2c(s1)CCC2C(=O)O. The van der Waals surface area contributed by atoms with Crippen LogP contribution in [0.3, 0.4) is 0 Å². The molecule has 2 unspecified atom stereocenters. The van der Waals surface area contributed by atoms with E-state index in [2.05, 4.69) is 10.3 Å². The van der Waals surface area contributed by atoms with Gasteiger partial charge in [-0.2, -0.15) is 0 Å². The molecule has 19 heavy (non-hydrogen) atoms. The molecule has 1 amide bonds. The number of carbonyl (C=O) groups is 2. The fraction of sp³-hybridized carbons (Fsp3) is 0.583. The van der Waals surface area contributed by atoms with Crippen LogP contribution < -0.4 is 10.2 Å². The Morgan fingerprint density at radius 3 is 3.11 bits per heavy atom. The van der Waals surface area contributed by atoms with Crippen molar-refractivity contribution in [2.45, 2.75) is 31.7 Å². The Bertz CT molecular complexity index is 542. The van der Waals surface area contributed by atoms with Crippen molar-refractivity contribution < 1.29 is 14.7 Å². The van der Waals surface area contributed by atoms with Gasteiger partial charge in [0.1, 0.15) is 12.0 Å². The van der Waals surface area contributed by atoms with Gasteiger partial charge in [0.15, 0.2) is 5.13 Å². The van der Waals surface area contributed by atoms with Crippen LogP contribution >= 0.6 is 11.3 Å². The number of hydrogen-bond donors (Lipinski definition) is 2. The van der Waals surface area contributed by atoms with E-state index in [9.17, 15) is 9.59 Å². The van der Waals surface area contributed by atoms with Crippen molar-refractivity contribution in [2.75, 3.05) is 18.0 Å². The van der Waals surface area contributed by atoms with E-state index in [0.29, 0.717) is 18.7 Å². The lowest BCUT2D eigenvalue weighted by Crippen LogP contribution is -2.54. The molecule has 6 nitrogen and oxygen atoms in total. The summed E-state index contributed by atoms with van der Waals surface area (Å²) < 4.78 is 0.